The summed E-state index contributed by atoms with van der Waals surface area (Å²) in [4.78, 5) is 2.77. The van der Waals surface area contributed by atoms with Crippen LogP contribution >= 0.6 is 0 Å². The Labute approximate surface area is 129 Å². The Kier molecular flexibility index (Phi) is 4.66. The van der Waals surface area contributed by atoms with E-state index >= 15 is 0 Å². The predicted molar refractivity (Wildman–Crippen MR) is 89.4 cm³/mol. The maximum Gasteiger partial charge on any atom is 0.0456 e. The van der Waals surface area contributed by atoms with Crippen LogP contribution < -0.4 is 5.73 Å². The van der Waals surface area contributed by atoms with Crippen molar-refractivity contribution in [2.45, 2.75) is 76.4 Å². The van der Waals surface area contributed by atoms with E-state index < -0.39 is 0 Å². The first kappa shape index (κ1) is 15.1. The Hall–Kier alpha value is -0.860. The third-order valence-electron chi connectivity index (χ3n) is 5.62. The molecular formula is C19H30N2. The van der Waals surface area contributed by atoms with Gasteiger partial charge in [-0.25, -0.2) is 0 Å². The molecule has 2 N–H and O–H groups in total. The predicted octanol–water partition coefficient (Wildman–Crippen LogP) is 4.22. The van der Waals surface area contributed by atoms with Gasteiger partial charge in [-0.15, -0.1) is 0 Å². The standard InChI is InChI=1S/C19H30N2/c1-3-8-15-9-6-7-12-21(15)18-13-14(2)16-10-4-5-11-17(16)19(18)20/h4-5,10-11,14-15,18-19H,3,6-9,12-13,20H2,1-2H3. The van der Waals surface area contributed by atoms with E-state index in [9.17, 15) is 0 Å². The van der Waals surface area contributed by atoms with Gasteiger partial charge in [-0.3, -0.25) is 4.90 Å². The molecule has 2 heteroatoms. The van der Waals surface area contributed by atoms with Crippen LogP contribution in [0.4, 0.5) is 0 Å². The van der Waals surface area contributed by atoms with E-state index in [1.807, 2.05) is 0 Å². The highest BCUT2D eigenvalue weighted by Crippen LogP contribution is 2.40. The highest BCUT2D eigenvalue weighted by Gasteiger charge is 2.37. The van der Waals surface area contributed by atoms with E-state index in [-0.39, 0.29) is 6.04 Å². The van der Waals surface area contributed by atoms with Crippen molar-refractivity contribution >= 4 is 0 Å². The molecule has 0 aromatic heterocycles. The molecule has 0 radical (unpaired) electrons. The first-order valence-electron chi connectivity index (χ1n) is 8.82. The Morgan fingerprint density at radius 2 is 1.95 bits per heavy atom. The first-order chi connectivity index (χ1) is 10.2. The second kappa shape index (κ2) is 6.50. The van der Waals surface area contributed by atoms with Gasteiger partial charge in [0, 0.05) is 18.1 Å². The van der Waals surface area contributed by atoms with Crippen molar-refractivity contribution in [3.05, 3.63) is 35.4 Å². The minimum atomic E-state index is 0.190. The minimum Gasteiger partial charge on any atom is -0.323 e. The maximum atomic E-state index is 6.70. The Balaban J connectivity index is 1.85. The van der Waals surface area contributed by atoms with E-state index in [4.69, 9.17) is 5.73 Å². The summed E-state index contributed by atoms with van der Waals surface area (Å²) in [7, 11) is 0. The Morgan fingerprint density at radius 3 is 2.71 bits per heavy atom. The summed E-state index contributed by atoms with van der Waals surface area (Å²) in [5.74, 6) is 0.634. The lowest BCUT2D eigenvalue weighted by Gasteiger charge is -2.47. The summed E-state index contributed by atoms with van der Waals surface area (Å²) < 4.78 is 0. The highest BCUT2D eigenvalue weighted by atomic mass is 15.2. The fraction of sp³-hybridized carbons (Fsp3) is 0.684. The summed E-state index contributed by atoms with van der Waals surface area (Å²) >= 11 is 0. The van der Waals surface area contributed by atoms with Crippen molar-refractivity contribution in [3.63, 3.8) is 0 Å². The van der Waals surface area contributed by atoms with Crippen LogP contribution in [0.1, 0.15) is 75.5 Å². The summed E-state index contributed by atoms with van der Waals surface area (Å²) in [6.07, 6.45) is 7.95. The number of nitrogens with two attached hydrogens (primary N) is 1. The van der Waals surface area contributed by atoms with Gasteiger partial charge in [-0.1, -0.05) is 51.0 Å². The monoisotopic (exact) mass is 286 g/mol. The number of piperidine rings is 1. The molecule has 1 aromatic rings. The molecule has 1 heterocycles. The molecule has 0 amide bonds. The molecule has 4 unspecified atom stereocenters. The molecule has 1 aliphatic heterocycles. The van der Waals surface area contributed by atoms with Crippen molar-refractivity contribution in [1.29, 1.82) is 0 Å². The van der Waals surface area contributed by atoms with Gasteiger partial charge in [0.05, 0.1) is 0 Å². The van der Waals surface area contributed by atoms with E-state index in [2.05, 4.69) is 43.0 Å². The Morgan fingerprint density at radius 1 is 1.19 bits per heavy atom. The number of rotatable bonds is 3. The molecule has 1 aliphatic carbocycles. The van der Waals surface area contributed by atoms with Crippen molar-refractivity contribution in [1.82, 2.24) is 4.90 Å². The lowest BCUT2D eigenvalue weighted by Crippen LogP contribution is -2.52. The summed E-state index contributed by atoms with van der Waals surface area (Å²) in [6.45, 7) is 5.93. The van der Waals surface area contributed by atoms with Gasteiger partial charge in [0.25, 0.3) is 0 Å². The number of nitrogens with zero attached hydrogens (tertiary/aromatic N) is 1. The average molecular weight is 286 g/mol. The van der Waals surface area contributed by atoms with Crippen LogP contribution in [0.2, 0.25) is 0 Å². The molecule has 0 saturated carbocycles. The normalized spacial score (nSPS) is 33.7. The summed E-state index contributed by atoms with van der Waals surface area (Å²) in [5.41, 5.74) is 9.57. The van der Waals surface area contributed by atoms with Crippen LogP contribution in [0.5, 0.6) is 0 Å². The van der Waals surface area contributed by atoms with Gasteiger partial charge in [-0.05, 0) is 49.3 Å². The van der Waals surface area contributed by atoms with Crippen LogP contribution in [0.15, 0.2) is 24.3 Å². The molecule has 3 rings (SSSR count). The van der Waals surface area contributed by atoms with Gasteiger partial charge in [0.2, 0.25) is 0 Å². The second-order valence-electron chi connectivity index (χ2n) is 7.03. The molecular weight excluding hydrogens is 256 g/mol. The second-order valence-corrected chi connectivity index (χ2v) is 7.03. The fourth-order valence-corrected chi connectivity index (χ4v) is 4.55. The first-order valence-corrected chi connectivity index (χ1v) is 8.82. The largest absolute Gasteiger partial charge is 0.323 e. The smallest absolute Gasteiger partial charge is 0.0456 e. The van der Waals surface area contributed by atoms with E-state index in [1.54, 1.807) is 0 Å². The molecule has 1 fully saturated rings. The summed E-state index contributed by atoms with van der Waals surface area (Å²) in [6, 6.07) is 10.3. The third kappa shape index (κ3) is 2.89. The minimum absolute atomic E-state index is 0.190. The van der Waals surface area contributed by atoms with Gasteiger partial charge >= 0.3 is 0 Å². The summed E-state index contributed by atoms with van der Waals surface area (Å²) in [5, 5.41) is 0. The van der Waals surface area contributed by atoms with Crippen LogP contribution in [0, 0.1) is 0 Å². The molecule has 1 aromatic carbocycles. The van der Waals surface area contributed by atoms with Crippen LogP contribution in [-0.2, 0) is 0 Å². The molecule has 0 spiro atoms. The molecule has 21 heavy (non-hydrogen) atoms. The molecule has 0 bridgehead atoms. The highest BCUT2D eigenvalue weighted by molar-refractivity contribution is 5.36. The van der Waals surface area contributed by atoms with E-state index in [0.29, 0.717) is 12.0 Å². The van der Waals surface area contributed by atoms with Crippen molar-refractivity contribution in [2.24, 2.45) is 5.73 Å². The maximum absolute atomic E-state index is 6.70. The number of hydrogen-bond donors (Lipinski definition) is 1. The lowest BCUT2D eigenvalue weighted by molar-refractivity contribution is 0.0613. The quantitative estimate of drug-likeness (QED) is 0.901. The number of likely N-dealkylation sites (tertiary alicyclic amines) is 1. The van der Waals surface area contributed by atoms with Crippen molar-refractivity contribution in [2.75, 3.05) is 6.54 Å². The number of benzene rings is 1. The fourth-order valence-electron chi connectivity index (χ4n) is 4.55. The zero-order chi connectivity index (χ0) is 14.8. The van der Waals surface area contributed by atoms with E-state index in [1.165, 1.54) is 56.2 Å². The van der Waals surface area contributed by atoms with Gasteiger partial charge in [0.15, 0.2) is 0 Å². The van der Waals surface area contributed by atoms with Crippen LogP contribution in [0.3, 0.4) is 0 Å². The zero-order valence-corrected chi connectivity index (χ0v) is 13.6. The van der Waals surface area contributed by atoms with Gasteiger partial charge in [0.1, 0.15) is 0 Å². The molecule has 2 nitrogen and oxygen atoms in total. The van der Waals surface area contributed by atoms with Crippen LogP contribution in [0.25, 0.3) is 0 Å². The van der Waals surface area contributed by atoms with Crippen molar-refractivity contribution < 1.29 is 0 Å². The molecule has 1 saturated heterocycles. The molecule has 4 atom stereocenters. The zero-order valence-electron chi connectivity index (χ0n) is 13.6. The SMILES string of the molecule is CCCC1CCCCN1C1CC(C)c2ccccc2C1N. The molecule has 116 valence electrons. The topological polar surface area (TPSA) is 29.3 Å². The van der Waals surface area contributed by atoms with E-state index in [0.717, 1.165) is 6.04 Å². The number of fused-ring (bicyclic) bond motifs is 1. The van der Waals surface area contributed by atoms with Crippen LogP contribution in [-0.4, -0.2) is 23.5 Å². The molecule has 2 aliphatic rings. The van der Waals surface area contributed by atoms with Gasteiger partial charge in [-0.2, -0.15) is 0 Å². The van der Waals surface area contributed by atoms with Gasteiger partial charge < -0.3 is 5.73 Å². The number of hydrogen-bond acceptors (Lipinski definition) is 2. The third-order valence-corrected chi connectivity index (χ3v) is 5.62. The average Bonchev–Trinajstić information content (AvgIpc) is 2.52. The van der Waals surface area contributed by atoms with Crippen molar-refractivity contribution in [3.8, 4) is 0 Å². The lowest BCUT2D eigenvalue weighted by atomic mass is 9.76. The Bertz CT molecular complexity index is 468.